The third-order valence-electron chi connectivity index (χ3n) is 4.43. The Bertz CT molecular complexity index is 399. The Morgan fingerprint density at radius 3 is 2.95 bits per heavy atom. The van der Waals surface area contributed by atoms with Crippen LogP contribution in [0, 0.1) is 11.8 Å². The van der Waals surface area contributed by atoms with E-state index in [9.17, 15) is 9.59 Å². The van der Waals surface area contributed by atoms with Crippen LogP contribution in [-0.2, 0) is 23.8 Å². The van der Waals surface area contributed by atoms with Gasteiger partial charge in [-0.25, -0.2) is 0 Å². The second kappa shape index (κ2) is 6.06. The Hall–Kier alpha value is -1.20. The third kappa shape index (κ3) is 2.79. The Labute approximate surface area is 118 Å². The molecule has 3 fully saturated rings. The van der Waals surface area contributed by atoms with Gasteiger partial charge in [0.1, 0.15) is 12.4 Å². The lowest BCUT2D eigenvalue weighted by molar-refractivity contribution is -0.194. The van der Waals surface area contributed by atoms with Crippen LogP contribution in [0.4, 0.5) is 0 Å². The van der Waals surface area contributed by atoms with Gasteiger partial charge in [0.2, 0.25) is 0 Å². The fraction of sp³-hybridized carbons (Fsp3) is 0.733. The number of allylic oxidation sites excluding steroid dienone is 1. The van der Waals surface area contributed by atoms with Gasteiger partial charge in [-0.1, -0.05) is 6.08 Å². The van der Waals surface area contributed by atoms with Crippen molar-refractivity contribution in [2.75, 3.05) is 6.61 Å². The highest BCUT2D eigenvalue weighted by molar-refractivity contribution is 5.72. The van der Waals surface area contributed by atoms with Crippen LogP contribution in [-0.4, -0.2) is 37.4 Å². The van der Waals surface area contributed by atoms with E-state index >= 15 is 0 Å². The average molecular weight is 280 g/mol. The van der Waals surface area contributed by atoms with Crippen molar-refractivity contribution in [1.82, 2.24) is 0 Å². The first-order valence-electron chi connectivity index (χ1n) is 7.36. The lowest BCUT2D eigenvalue weighted by atomic mass is 9.92. The summed E-state index contributed by atoms with van der Waals surface area (Å²) in [6, 6.07) is 0. The van der Waals surface area contributed by atoms with Crippen LogP contribution in [0.1, 0.15) is 32.1 Å². The molecule has 5 heteroatoms. The molecule has 1 aliphatic carbocycles. The zero-order chi connectivity index (χ0) is 13.9. The number of hydrogen-bond donors (Lipinski definition) is 0. The van der Waals surface area contributed by atoms with Crippen LogP contribution in [0.3, 0.4) is 0 Å². The first-order chi connectivity index (χ1) is 9.78. The molecule has 110 valence electrons. The van der Waals surface area contributed by atoms with E-state index in [1.54, 1.807) is 0 Å². The van der Waals surface area contributed by atoms with Crippen molar-refractivity contribution in [1.29, 1.82) is 0 Å². The first kappa shape index (κ1) is 13.8. The van der Waals surface area contributed by atoms with Crippen LogP contribution in [0.2, 0.25) is 0 Å². The van der Waals surface area contributed by atoms with E-state index in [0.29, 0.717) is 12.8 Å². The van der Waals surface area contributed by atoms with Crippen LogP contribution >= 0.6 is 0 Å². The molecule has 0 radical (unpaired) electrons. The lowest BCUT2D eigenvalue weighted by Gasteiger charge is -2.28. The van der Waals surface area contributed by atoms with Gasteiger partial charge in [-0.3, -0.25) is 9.59 Å². The number of esters is 1. The molecule has 2 heterocycles. The number of aldehydes is 1. The molecule has 5 unspecified atom stereocenters. The van der Waals surface area contributed by atoms with Crippen molar-refractivity contribution in [2.45, 2.75) is 50.6 Å². The van der Waals surface area contributed by atoms with Gasteiger partial charge >= 0.3 is 5.97 Å². The number of carbonyl (C=O) groups is 2. The summed E-state index contributed by atoms with van der Waals surface area (Å²) in [6.07, 6.45) is 8.09. The minimum absolute atomic E-state index is 0.0302. The summed E-state index contributed by atoms with van der Waals surface area (Å²) < 4.78 is 17.0. The first-order valence-corrected chi connectivity index (χ1v) is 7.36. The number of ether oxygens (including phenoxy) is 3. The maximum atomic E-state index is 11.4. The zero-order valence-electron chi connectivity index (χ0n) is 11.4. The molecule has 1 saturated carbocycles. The molecule has 0 spiro atoms. The van der Waals surface area contributed by atoms with Crippen molar-refractivity contribution < 1.29 is 23.8 Å². The van der Waals surface area contributed by atoms with Gasteiger partial charge in [0.25, 0.3) is 0 Å². The molecule has 0 aromatic carbocycles. The van der Waals surface area contributed by atoms with Gasteiger partial charge in [-0.05, 0) is 25.3 Å². The lowest BCUT2D eigenvalue weighted by Crippen LogP contribution is -2.31. The molecule has 5 nitrogen and oxygen atoms in total. The van der Waals surface area contributed by atoms with Gasteiger partial charge < -0.3 is 14.2 Å². The molecule has 2 saturated heterocycles. The standard InChI is InChI=1S/C15H20O5/c16-6-3-4-10-11-8-14(17)19-13(11)9-12(10)20-15-5-1-2-7-18-15/h3-4,6,10-13,15H,1-2,5,7-9H2. The van der Waals surface area contributed by atoms with Gasteiger partial charge in [-0.2, -0.15) is 0 Å². The molecule has 2 aliphatic heterocycles. The molecule has 0 N–H and O–H groups in total. The highest BCUT2D eigenvalue weighted by atomic mass is 16.7. The smallest absolute Gasteiger partial charge is 0.306 e. The van der Waals surface area contributed by atoms with Crippen molar-refractivity contribution in [3.05, 3.63) is 12.2 Å². The van der Waals surface area contributed by atoms with Crippen molar-refractivity contribution in [2.24, 2.45) is 11.8 Å². The second-order valence-corrected chi connectivity index (χ2v) is 5.70. The highest BCUT2D eigenvalue weighted by Crippen LogP contribution is 2.44. The maximum Gasteiger partial charge on any atom is 0.306 e. The van der Waals surface area contributed by atoms with Crippen molar-refractivity contribution in [3.63, 3.8) is 0 Å². The molecule has 3 rings (SSSR count). The zero-order valence-corrected chi connectivity index (χ0v) is 11.4. The van der Waals surface area contributed by atoms with Crippen molar-refractivity contribution >= 4 is 12.3 Å². The Morgan fingerprint density at radius 2 is 2.20 bits per heavy atom. The second-order valence-electron chi connectivity index (χ2n) is 5.70. The molecule has 0 aromatic rings. The molecule has 0 bridgehead atoms. The Balaban J connectivity index is 1.67. The van der Waals surface area contributed by atoms with Crippen molar-refractivity contribution in [3.8, 4) is 0 Å². The normalized spacial score (nSPS) is 40.8. The van der Waals surface area contributed by atoms with Gasteiger partial charge in [-0.15, -0.1) is 0 Å². The molecule has 20 heavy (non-hydrogen) atoms. The third-order valence-corrected chi connectivity index (χ3v) is 4.43. The molecular formula is C15H20O5. The fourth-order valence-electron chi connectivity index (χ4n) is 3.50. The summed E-state index contributed by atoms with van der Waals surface area (Å²) in [7, 11) is 0. The highest BCUT2D eigenvalue weighted by Gasteiger charge is 2.50. The van der Waals surface area contributed by atoms with Gasteiger partial charge in [0.15, 0.2) is 6.29 Å². The Kier molecular flexibility index (Phi) is 4.17. The van der Waals surface area contributed by atoms with E-state index in [4.69, 9.17) is 14.2 Å². The fourth-order valence-corrected chi connectivity index (χ4v) is 3.50. The van der Waals surface area contributed by atoms with E-state index in [-0.39, 0.29) is 36.3 Å². The monoisotopic (exact) mass is 280 g/mol. The van der Waals surface area contributed by atoms with Crippen LogP contribution in [0.25, 0.3) is 0 Å². The minimum atomic E-state index is -0.157. The SMILES string of the molecule is O=CC=CC1C(OC2CCCCO2)CC2OC(=O)CC21. The summed E-state index contributed by atoms with van der Waals surface area (Å²) in [4.78, 5) is 22.0. The molecule has 0 amide bonds. The van der Waals surface area contributed by atoms with Crippen LogP contribution < -0.4 is 0 Å². The number of rotatable bonds is 4. The average Bonchev–Trinajstić information content (AvgIpc) is 2.94. The summed E-state index contributed by atoms with van der Waals surface area (Å²) in [5.74, 6) is 0.0475. The van der Waals surface area contributed by atoms with E-state index in [2.05, 4.69) is 0 Å². The molecule has 0 aromatic heterocycles. The predicted octanol–water partition coefficient (Wildman–Crippen LogP) is 1.60. The van der Waals surface area contributed by atoms with E-state index in [1.165, 1.54) is 6.08 Å². The van der Waals surface area contributed by atoms with E-state index in [0.717, 1.165) is 32.2 Å². The summed E-state index contributed by atoms with van der Waals surface area (Å²) in [6.45, 7) is 0.744. The number of hydrogen-bond acceptors (Lipinski definition) is 5. The summed E-state index contributed by atoms with van der Waals surface area (Å²) >= 11 is 0. The molecular weight excluding hydrogens is 260 g/mol. The maximum absolute atomic E-state index is 11.4. The predicted molar refractivity (Wildman–Crippen MR) is 69.8 cm³/mol. The van der Waals surface area contributed by atoms with Crippen LogP contribution in [0.5, 0.6) is 0 Å². The van der Waals surface area contributed by atoms with Gasteiger partial charge in [0.05, 0.1) is 12.5 Å². The summed E-state index contributed by atoms with van der Waals surface area (Å²) in [5, 5.41) is 0. The number of fused-ring (bicyclic) bond motifs is 1. The van der Waals surface area contributed by atoms with Gasteiger partial charge in [0, 0.05) is 24.9 Å². The summed E-state index contributed by atoms with van der Waals surface area (Å²) in [5.41, 5.74) is 0. The Morgan fingerprint density at radius 1 is 1.30 bits per heavy atom. The topological polar surface area (TPSA) is 61.8 Å². The van der Waals surface area contributed by atoms with E-state index < -0.39 is 0 Å². The van der Waals surface area contributed by atoms with E-state index in [1.807, 2.05) is 6.08 Å². The molecule has 5 atom stereocenters. The molecule has 3 aliphatic rings. The minimum Gasteiger partial charge on any atom is -0.462 e. The quantitative estimate of drug-likeness (QED) is 0.445. The number of carbonyl (C=O) groups excluding carboxylic acids is 2. The van der Waals surface area contributed by atoms with Crippen LogP contribution in [0.15, 0.2) is 12.2 Å². The largest absolute Gasteiger partial charge is 0.462 e.